The van der Waals surface area contributed by atoms with Crippen molar-refractivity contribution in [3.63, 3.8) is 0 Å². The van der Waals surface area contributed by atoms with E-state index in [4.69, 9.17) is 9.47 Å². The van der Waals surface area contributed by atoms with Crippen LogP contribution in [0.25, 0.3) is 0 Å². The highest BCUT2D eigenvalue weighted by molar-refractivity contribution is 9.09. The summed E-state index contributed by atoms with van der Waals surface area (Å²) in [4.78, 5) is 41.9. The summed E-state index contributed by atoms with van der Waals surface area (Å²) in [7, 11) is 0. The maximum atomic E-state index is 12.9. The first kappa shape index (κ1) is 31.5. The summed E-state index contributed by atoms with van der Waals surface area (Å²) in [6, 6.07) is 7.73. The molecule has 10 nitrogen and oxygen atoms in total. The number of aliphatic imine (C=N–C) groups is 1. The molecule has 1 atom stereocenters. The van der Waals surface area contributed by atoms with Crippen LogP contribution in [0.15, 0.2) is 53.5 Å². The fourth-order valence-electron chi connectivity index (χ4n) is 3.44. The number of anilines is 1. The van der Waals surface area contributed by atoms with E-state index in [1.54, 1.807) is 0 Å². The van der Waals surface area contributed by atoms with E-state index in [0.29, 0.717) is 5.56 Å². The smallest absolute Gasteiger partial charge is 0.461 e. The third-order valence-electron chi connectivity index (χ3n) is 5.14. The zero-order valence-electron chi connectivity index (χ0n) is 20.7. The maximum absolute atomic E-state index is 12.9. The highest BCUT2D eigenvalue weighted by Gasteiger charge is 2.34. The first-order valence-electron chi connectivity index (χ1n) is 11.5. The molecule has 0 spiro atoms. The molecule has 41 heavy (non-hydrogen) atoms. The van der Waals surface area contributed by atoms with Crippen molar-refractivity contribution in [2.24, 2.45) is 4.99 Å². The molecule has 222 valence electrons. The van der Waals surface area contributed by atoms with Crippen molar-refractivity contribution in [2.75, 3.05) is 30.4 Å². The summed E-state index contributed by atoms with van der Waals surface area (Å²) in [5.74, 6) is -2.25. The molecule has 0 fully saturated rings. The van der Waals surface area contributed by atoms with E-state index in [1.165, 1.54) is 29.2 Å². The van der Waals surface area contributed by atoms with Crippen molar-refractivity contribution >= 4 is 45.4 Å². The van der Waals surface area contributed by atoms with Crippen LogP contribution in [0.1, 0.15) is 11.1 Å². The van der Waals surface area contributed by atoms with Crippen LogP contribution in [0.3, 0.4) is 0 Å². The van der Waals surface area contributed by atoms with Gasteiger partial charge in [-0.2, -0.15) is 13.2 Å². The van der Waals surface area contributed by atoms with Gasteiger partial charge in [-0.1, -0.05) is 28.1 Å². The number of ether oxygens (including phenoxy) is 3. The van der Waals surface area contributed by atoms with Gasteiger partial charge in [0.05, 0.1) is 12.1 Å². The van der Waals surface area contributed by atoms with Crippen LogP contribution in [0.2, 0.25) is 0 Å². The predicted octanol–water partition coefficient (Wildman–Crippen LogP) is 4.45. The minimum absolute atomic E-state index is 0.0601. The van der Waals surface area contributed by atoms with Gasteiger partial charge in [-0.05, 0) is 42.0 Å². The second-order valence-corrected chi connectivity index (χ2v) is 8.77. The number of amidine groups is 1. The Morgan fingerprint density at radius 2 is 1.59 bits per heavy atom. The molecule has 0 aromatic heterocycles. The number of rotatable bonds is 10. The summed E-state index contributed by atoms with van der Waals surface area (Å²) < 4.78 is 89.3. The molecule has 0 saturated heterocycles. The molecule has 1 aliphatic heterocycles. The van der Waals surface area contributed by atoms with E-state index >= 15 is 0 Å². The molecule has 1 unspecified atom stereocenters. The van der Waals surface area contributed by atoms with E-state index in [0.717, 1.165) is 24.3 Å². The third kappa shape index (κ3) is 10.1. The number of benzene rings is 2. The van der Waals surface area contributed by atoms with Gasteiger partial charge < -0.3 is 29.7 Å². The monoisotopic (exact) mass is 654 g/mol. The normalized spacial score (nSPS) is 15.1. The number of alkyl halides is 7. The Morgan fingerprint density at radius 1 is 0.951 bits per heavy atom. The van der Waals surface area contributed by atoms with Crippen molar-refractivity contribution in [3.8, 4) is 5.75 Å². The molecule has 2 aromatic carbocycles. The largest absolute Gasteiger partial charge is 0.573 e. The van der Waals surface area contributed by atoms with Gasteiger partial charge in [0.2, 0.25) is 5.84 Å². The molecule has 2 amide bonds. The SMILES string of the molecule is O=C(Nc1ccc(OC(F)(F)F)cc1)NC1CN(Cc2ccc(C(F)(F)F)cc2)C(C(=O)OCCOC(=O)CBr)=N1. The zero-order valence-corrected chi connectivity index (χ0v) is 22.3. The molecule has 2 aromatic rings. The van der Waals surface area contributed by atoms with Crippen LogP contribution >= 0.6 is 15.9 Å². The third-order valence-corrected chi connectivity index (χ3v) is 5.60. The maximum Gasteiger partial charge on any atom is 0.573 e. The number of nitrogens with one attached hydrogen (secondary N) is 2. The van der Waals surface area contributed by atoms with Crippen molar-refractivity contribution in [1.82, 2.24) is 10.2 Å². The number of carbonyl (C=O) groups excluding carboxylic acids is 3. The van der Waals surface area contributed by atoms with E-state index in [-0.39, 0.29) is 43.2 Å². The van der Waals surface area contributed by atoms with Crippen molar-refractivity contribution in [1.29, 1.82) is 0 Å². The standard InChI is InChI=1S/C24H21BrF6N4O6/c25-11-19(36)39-9-10-40-21(37)20-33-18(13-35(20)12-14-1-3-15(4-2-14)23(26,27)28)34-22(38)32-16-5-7-17(8-6-16)41-24(29,30)31/h1-8,18H,9-13H2,(H2,32,34,38). The molecule has 0 saturated carbocycles. The number of esters is 2. The van der Waals surface area contributed by atoms with Crippen LogP contribution in [-0.4, -0.2) is 66.3 Å². The van der Waals surface area contributed by atoms with Crippen molar-refractivity contribution in [2.45, 2.75) is 25.2 Å². The van der Waals surface area contributed by atoms with Gasteiger partial charge in [0.15, 0.2) is 0 Å². The fourth-order valence-corrected chi connectivity index (χ4v) is 3.60. The Balaban J connectivity index is 1.66. The van der Waals surface area contributed by atoms with Gasteiger partial charge in [-0.15, -0.1) is 13.2 Å². The molecular weight excluding hydrogens is 634 g/mol. The van der Waals surface area contributed by atoms with Crippen molar-refractivity contribution < 1.29 is 54.9 Å². The van der Waals surface area contributed by atoms with E-state index < -0.39 is 48.0 Å². The van der Waals surface area contributed by atoms with Gasteiger partial charge in [0.25, 0.3) is 0 Å². The Kier molecular flexibility index (Phi) is 10.4. The highest BCUT2D eigenvalue weighted by atomic mass is 79.9. The minimum atomic E-state index is -4.88. The number of hydrogen-bond acceptors (Lipinski definition) is 8. The van der Waals surface area contributed by atoms with Crippen molar-refractivity contribution in [3.05, 3.63) is 59.7 Å². The lowest BCUT2D eigenvalue weighted by molar-refractivity contribution is -0.274. The minimum Gasteiger partial charge on any atom is -0.461 e. The summed E-state index contributed by atoms with van der Waals surface area (Å²) in [6.45, 7) is -0.683. The Morgan fingerprint density at radius 3 is 2.17 bits per heavy atom. The van der Waals surface area contributed by atoms with Gasteiger partial charge in [-0.25, -0.2) is 14.6 Å². The Bertz CT molecular complexity index is 1260. The number of hydrogen-bond donors (Lipinski definition) is 2. The fraction of sp³-hybridized carbons (Fsp3) is 0.333. The molecule has 17 heteroatoms. The molecule has 1 aliphatic rings. The first-order chi connectivity index (χ1) is 19.2. The topological polar surface area (TPSA) is 119 Å². The van der Waals surface area contributed by atoms with Crippen LogP contribution in [0.4, 0.5) is 36.8 Å². The Labute approximate surface area is 236 Å². The van der Waals surface area contributed by atoms with Crippen LogP contribution in [0.5, 0.6) is 5.75 Å². The first-order valence-corrected chi connectivity index (χ1v) is 12.7. The Hall–Kier alpha value is -4.02. The molecular formula is C24H21BrF6N4O6. The number of nitrogens with zero attached hydrogens (tertiary/aromatic N) is 2. The lowest BCUT2D eigenvalue weighted by Crippen LogP contribution is -2.41. The van der Waals surface area contributed by atoms with Gasteiger partial charge in [0.1, 0.15) is 30.5 Å². The summed E-state index contributed by atoms with van der Waals surface area (Å²) in [6.07, 6.45) is -10.4. The summed E-state index contributed by atoms with van der Waals surface area (Å²) in [5, 5.41) is 4.81. The second kappa shape index (κ2) is 13.6. The van der Waals surface area contributed by atoms with E-state index in [1.807, 2.05) is 0 Å². The summed E-state index contributed by atoms with van der Waals surface area (Å²) >= 11 is 2.91. The molecule has 3 rings (SSSR count). The lowest BCUT2D eigenvalue weighted by atomic mass is 10.1. The molecule has 0 aliphatic carbocycles. The molecule has 1 heterocycles. The van der Waals surface area contributed by atoms with Crippen LogP contribution in [0, 0.1) is 0 Å². The average Bonchev–Trinajstić information content (AvgIpc) is 3.28. The zero-order chi connectivity index (χ0) is 30.2. The molecule has 0 radical (unpaired) electrons. The molecule has 0 bridgehead atoms. The van der Waals surface area contributed by atoms with Crippen LogP contribution in [-0.2, 0) is 31.8 Å². The van der Waals surface area contributed by atoms with Crippen LogP contribution < -0.4 is 15.4 Å². The molecule has 2 N–H and O–H groups in total. The highest BCUT2D eigenvalue weighted by Crippen LogP contribution is 2.29. The van der Waals surface area contributed by atoms with E-state index in [2.05, 4.69) is 36.3 Å². The lowest BCUT2D eigenvalue weighted by Gasteiger charge is -2.21. The van der Waals surface area contributed by atoms with Gasteiger partial charge in [0, 0.05) is 12.2 Å². The predicted molar refractivity (Wildman–Crippen MR) is 134 cm³/mol. The average molecular weight is 655 g/mol. The van der Waals surface area contributed by atoms with Gasteiger partial charge >= 0.3 is 30.5 Å². The summed E-state index contributed by atoms with van der Waals surface area (Å²) in [5.41, 5.74) is -0.336. The second-order valence-electron chi connectivity index (χ2n) is 8.20. The number of halogens is 7. The number of amides is 2. The number of urea groups is 1. The quantitative estimate of drug-likeness (QED) is 0.168. The van der Waals surface area contributed by atoms with E-state index in [9.17, 15) is 40.7 Å². The number of carbonyl (C=O) groups is 3. The van der Waals surface area contributed by atoms with Gasteiger partial charge in [-0.3, -0.25) is 4.79 Å².